The first kappa shape index (κ1) is 11.3. The molecule has 0 heterocycles. The van der Waals surface area contributed by atoms with Gasteiger partial charge in [0.15, 0.2) is 5.78 Å². The Morgan fingerprint density at radius 2 is 1.81 bits per heavy atom. The third kappa shape index (κ3) is 2.00. The molecule has 1 fully saturated rings. The average Bonchev–Trinajstić information content (AvgIpc) is 2.30. The second-order valence-electron chi connectivity index (χ2n) is 4.40. The summed E-state index contributed by atoms with van der Waals surface area (Å²) in [4.78, 5) is 12.1. The molecule has 16 heavy (non-hydrogen) atoms. The highest BCUT2D eigenvalue weighted by atomic mass is 19.1. The summed E-state index contributed by atoms with van der Waals surface area (Å²) in [5.41, 5.74) is -1.34. The molecule has 0 bridgehead atoms. The van der Waals surface area contributed by atoms with Crippen molar-refractivity contribution in [3.63, 3.8) is 0 Å². The number of benzene rings is 1. The van der Waals surface area contributed by atoms with Crippen LogP contribution in [-0.2, 0) is 0 Å². The number of hydrogen-bond donors (Lipinski definition) is 1. The van der Waals surface area contributed by atoms with E-state index in [9.17, 15) is 14.3 Å². The van der Waals surface area contributed by atoms with Gasteiger partial charge < -0.3 is 5.11 Å². The Labute approximate surface area is 94.1 Å². The van der Waals surface area contributed by atoms with Gasteiger partial charge in [0, 0.05) is 0 Å². The van der Waals surface area contributed by atoms with Gasteiger partial charge in [-0.3, -0.25) is 4.79 Å². The average molecular weight is 222 g/mol. The number of Topliss-reactive ketones (excluding diaryl/α,β-unsaturated/α-hetero) is 1. The maximum absolute atomic E-state index is 13.4. The molecule has 0 radical (unpaired) electrons. The van der Waals surface area contributed by atoms with Gasteiger partial charge in [0.1, 0.15) is 11.4 Å². The summed E-state index contributed by atoms with van der Waals surface area (Å²) < 4.78 is 13.4. The smallest absolute Gasteiger partial charge is 0.197 e. The summed E-state index contributed by atoms with van der Waals surface area (Å²) >= 11 is 0. The normalized spacial score (nSPS) is 19.4. The fourth-order valence-electron chi connectivity index (χ4n) is 2.26. The SMILES string of the molecule is O=C(c1ccccc1F)C1(O)CCCCC1. The Hall–Kier alpha value is -1.22. The van der Waals surface area contributed by atoms with Crippen LogP contribution in [0.1, 0.15) is 42.5 Å². The lowest BCUT2D eigenvalue weighted by Crippen LogP contribution is -2.40. The maximum Gasteiger partial charge on any atom is 0.197 e. The molecular formula is C13H15FO2. The minimum Gasteiger partial charge on any atom is -0.382 e. The molecule has 1 aromatic rings. The van der Waals surface area contributed by atoms with Crippen LogP contribution in [0, 0.1) is 5.82 Å². The maximum atomic E-state index is 13.4. The van der Waals surface area contributed by atoms with Crippen LogP contribution in [0.15, 0.2) is 24.3 Å². The highest BCUT2D eigenvalue weighted by Crippen LogP contribution is 2.31. The van der Waals surface area contributed by atoms with Crippen molar-refractivity contribution in [3.05, 3.63) is 35.6 Å². The van der Waals surface area contributed by atoms with Crippen LogP contribution < -0.4 is 0 Å². The Kier molecular flexibility index (Phi) is 3.06. The van der Waals surface area contributed by atoms with E-state index >= 15 is 0 Å². The molecule has 0 atom stereocenters. The topological polar surface area (TPSA) is 37.3 Å². The van der Waals surface area contributed by atoms with E-state index in [1.54, 1.807) is 6.07 Å². The van der Waals surface area contributed by atoms with Crippen LogP contribution in [0.4, 0.5) is 4.39 Å². The molecule has 2 nitrogen and oxygen atoms in total. The van der Waals surface area contributed by atoms with E-state index in [0.29, 0.717) is 12.8 Å². The molecule has 2 rings (SSSR count). The second kappa shape index (κ2) is 4.34. The molecule has 1 saturated carbocycles. The van der Waals surface area contributed by atoms with Crippen molar-refractivity contribution in [1.29, 1.82) is 0 Å². The van der Waals surface area contributed by atoms with Crippen LogP contribution in [0.25, 0.3) is 0 Å². The minimum absolute atomic E-state index is 0.00639. The van der Waals surface area contributed by atoms with E-state index in [-0.39, 0.29) is 5.56 Å². The first-order valence-electron chi connectivity index (χ1n) is 5.65. The predicted molar refractivity (Wildman–Crippen MR) is 58.8 cm³/mol. The molecule has 0 unspecified atom stereocenters. The Bertz CT molecular complexity index is 395. The lowest BCUT2D eigenvalue weighted by atomic mass is 9.79. The molecule has 0 spiro atoms. The zero-order valence-electron chi connectivity index (χ0n) is 9.08. The number of rotatable bonds is 2. The van der Waals surface area contributed by atoms with Gasteiger partial charge in [0.25, 0.3) is 0 Å². The highest BCUT2D eigenvalue weighted by molar-refractivity contribution is 6.02. The Balaban J connectivity index is 2.28. The summed E-state index contributed by atoms with van der Waals surface area (Å²) in [5.74, 6) is -1.02. The molecule has 1 aromatic carbocycles. The van der Waals surface area contributed by atoms with Crippen molar-refractivity contribution >= 4 is 5.78 Å². The van der Waals surface area contributed by atoms with E-state index in [2.05, 4.69) is 0 Å². The third-order valence-corrected chi connectivity index (χ3v) is 3.22. The predicted octanol–water partition coefficient (Wildman–Crippen LogP) is 2.70. The van der Waals surface area contributed by atoms with Crippen LogP contribution in [0.5, 0.6) is 0 Å². The number of halogens is 1. The molecule has 0 amide bonds. The molecule has 1 aliphatic rings. The van der Waals surface area contributed by atoms with Crippen molar-refractivity contribution < 1.29 is 14.3 Å². The fraction of sp³-hybridized carbons (Fsp3) is 0.462. The van der Waals surface area contributed by atoms with E-state index in [4.69, 9.17) is 0 Å². The van der Waals surface area contributed by atoms with Gasteiger partial charge in [-0.15, -0.1) is 0 Å². The Morgan fingerprint density at radius 3 is 2.44 bits per heavy atom. The van der Waals surface area contributed by atoms with Gasteiger partial charge >= 0.3 is 0 Å². The summed E-state index contributed by atoms with van der Waals surface area (Å²) in [6.07, 6.45) is 3.58. The molecule has 86 valence electrons. The lowest BCUT2D eigenvalue weighted by Gasteiger charge is -2.30. The van der Waals surface area contributed by atoms with Crippen LogP contribution in [0.3, 0.4) is 0 Å². The van der Waals surface area contributed by atoms with Gasteiger partial charge in [-0.05, 0) is 25.0 Å². The molecule has 0 aromatic heterocycles. The molecular weight excluding hydrogens is 207 g/mol. The summed E-state index contributed by atoms with van der Waals surface area (Å²) in [7, 11) is 0. The largest absolute Gasteiger partial charge is 0.382 e. The number of carbonyl (C=O) groups excluding carboxylic acids is 1. The van der Waals surface area contributed by atoms with Crippen LogP contribution >= 0.6 is 0 Å². The van der Waals surface area contributed by atoms with Crippen LogP contribution in [0.2, 0.25) is 0 Å². The van der Waals surface area contributed by atoms with Crippen molar-refractivity contribution in [2.45, 2.75) is 37.7 Å². The zero-order valence-corrected chi connectivity index (χ0v) is 9.08. The molecule has 1 N–H and O–H groups in total. The zero-order chi connectivity index (χ0) is 11.6. The first-order valence-corrected chi connectivity index (χ1v) is 5.65. The summed E-state index contributed by atoms with van der Waals surface area (Å²) in [6.45, 7) is 0. The molecule has 3 heteroatoms. The number of hydrogen-bond acceptors (Lipinski definition) is 2. The monoisotopic (exact) mass is 222 g/mol. The first-order chi connectivity index (χ1) is 7.63. The van der Waals surface area contributed by atoms with E-state index in [1.165, 1.54) is 18.2 Å². The number of carbonyl (C=O) groups is 1. The molecule has 0 saturated heterocycles. The molecule has 1 aliphatic carbocycles. The summed E-state index contributed by atoms with van der Waals surface area (Å²) in [6, 6.07) is 5.84. The van der Waals surface area contributed by atoms with E-state index in [1.807, 2.05) is 0 Å². The van der Waals surface area contributed by atoms with Gasteiger partial charge in [-0.2, -0.15) is 0 Å². The van der Waals surface area contributed by atoms with Crippen molar-refractivity contribution in [1.82, 2.24) is 0 Å². The van der Waals surface area contributed by atoms with Crippen molar-refractivity contribution in [2.75, 3.05) is 0 Å². The summed E-state index contributed by atoms with van der Waals surface area (Å²) in [5, 5.41) is 10.2. The lowest BCUT2D eigenvalue weighted by molar-refractivity contribution is 0.0113. The van der Waals surface area contributed by atoms with Crippen molar-refractivity contribution in [2.24, 2.45) is 0 Å². The second-order valence-corrected chi connectivity index (χ2v) is 4.40. The van der Waals surface area contributed by atoms with Gasteiger partial charge in [-0.25, -0.2) is 4.39 Å². The highest BCUT2D eigenvalue weighted by Gasteiger charge is 2.38. The number of ketones is 1. The van der Waals surface area contributed by atoms with E-state index in [0.717, 1.165) is 19.3 Å². The fourth-order valence-corrected chi connectivity index (χ4v) is 2.26. The Morgan fingerprint density at radius 1 is 1.19 bits per heavy atom. The van der Waals surface area contributed by atoms with Gasteiger partial charge in [-0.1, -0.05) is 31.4 Å². The van der Waals surface area contributed by atoms with Crippen LogP contribution in [-0.4, -0.2) is 16.5 Å². The van der Waals surface area contributed by atoms with Gasteiger partial charge in [0.2, 0.25) is 0 Å². The third-order valence-electron chi connectivity index (χ3n) is 3.22. The molecule has 0 aliphatic heterocycles. The number of aliphatic hydroxyl groups is 1. The minimum atomic E-state index is -1.35. The quantitative estimate of drug-likeness (QED) is 0.781. The van der Waals surface area contributed by atoms with Crippen molar-refractivity contribution in [3.8, 4) is 0 Å². The standard InChI is InChI=1S/C13H15FO2/c14-11-7-3-2-6-10(11)12(15)13(16)8-4-1-5-9-13/h2-3,6-7,16H,1,4-5,8-9H2. The van der Waals surface area contributed by atoms with E-state index < -0.39 is 17.2 Å². The van der Waals surface area contributed by atoms with Gasteiger partial charge in [0.05, 0.1) is 5.56 Å².